The van der Waals surface area contributed by atoms with Crippen LogP contribution < -0.4 is 5.43 Å². The van der Waals surface area contributed by atoms with E-state index in [0.717, 1.165) is 17.4 Å². The van der Waals surface area contributed by atoms with Crippen molar-refractivity contribution in [2.75, 3.05) is 13.7 Å². The summed E-state index contributed by atoms with van der Waals surface area (Å²) >= 11 is 0. The van der Waals surface area contributed by atoms with E-state index in [1.807, 2.05) is 11.5 Å². The Morgan fingerprint density at radius 3 is 2.35 bits per heavy atom. The summed E-state index contributed by atoms with van der Waals surface area (Å²) in [5.41, 5.74) is 2.90. The van der Waals surface area contributed by atoms with Crippen molar-refractivity contribution >= 4 is 28.7 Å². The molecule has 0 saturated heterocycles. The molecule has 34 heavy (non-hydrogen) atoms. The van der Waals surface area contributed by atoms with Crippen LogP contribution in [0, 0.1) is 13.8 Å². The van der Waals surface area contributed by atoms with Gasteiger partial charge in [-0.2, -0.15) is 0 Å². The number of methoxy groups -OCH3 is 1. The van der Waals surface area contributed by atoms with Crippen molar-refractivity contribution in [2.24, 2.45) is 0 Å². The monoisotopic (exact) mass is 459 g/mol. The molecule has 4 rings (SSSR count). The van der Waals surface area contributed by atoms with Crippen molar-refractivity contribution in [1.82, 2.24) is 4.57 Å². The van der Waals surface area contributed by atoms with Gasteiger partial charge < -0.3 is 18.5 Å². The summed E-state index contributed by atoms with van der Waals surface area (Å²) in [5.74, 6) is -2.01. The molecule has 8 nitrogen and oxygen atoms in total. The van der Waals surface area contributed by atoms with Gasteiger partial charge in [0, 0.05) is 28.7 Å². The zero-order valence-electron chi connectivity index (χ0n) is 18.8. The van der Waals surface area contributed by atoms with E-state index >= 15 is 0 Å². The minimum atomic E-state index is -0.900. The number of Topliss-reactive ketones (excluding diaryl/α,β-unsaturated/α-hetero) is 1. The highest BCUT2D eigenvalue weighted by Gasteiger charge is 2.20. The molecule has 0 atom stereocenters. The molecule has 0 N–H and O–H groups in total. The summed E-state index contributed by atoms with van der Waals surface area (Å²) in [6.07, 6.45) is 0. The fourth-order valence-electron chi connectivity index (χ4n) is 3.79. The van der Waals surface area contributed by atoms with Crippen LogP contribution in [0.25, 0.3) is 16.7 Å². The highest BCUT2D eigenvalue weighted by molar-refractivity contribution is 6.00. The van der Waals surface area contributed by atoms with E-state index in [2.05, 4.69) is 0 Å². The van der Waals surface area contributed by atoms with Crippen LogP contribution >= 0.6 is 0 Å². The van der Waals surface area contributed by atoms with Gasteiger partial charge in [0.05, 0.1) is 18.1 Å². The second-order valence-electron chi connectivity index (χ2n) is 7.63. The SMILES string of the molecule is COC(=O)c1ccc(-n2c(C)cc(C(=O)COC(=O)c3cc(=O)c4ccccc4o3)c2C)cc1. The van der Waals surface area contributed by atoms with Crippen LogP contribution in [0.2, 0.25) is 0 Å². The molecule has 0 aliphatic rings. The molecule has 172 valence electrons. The smallest absolute Gasteiger partial charge is 0.374 e. The van der Waals surface area contributed by atoms with Crippen molar-refractivity contribution in [1.29, 1.82) is 0 Å². The largest absolute Gasteiger partial charge is 0.465 e. The van der Waals surface area contributed by atoms with Gasteiger partial charge in [0.25, 0.3) is 0 Å². The Hall–Kier alpha value is -4.46. The van der Waals surface area contributed by atoms with Crippen LogP contribution in [-0.4, -0.2) is 36.0 Å². The van der Waals surface area contributed by atoms with E-state index < -0.39 is 24.3 Å². The molecule has 0 aliphatic carbocycles. The zero-order chi connectivity index (χ0) is 24.4. The summed E-state index contributed by atoms with van der Waals surface area (Å²) in [4.78, 5) is 49.1. The molecule has 2 aromatic heterocycles. The maximum Gasteiger partial charge on any atom is 0.374 e. The number of ketones is 1. The molecule has 4 aromatic rings. The maximum absolute atomic E-state index is 12.8. The molecule has 2 aromatic carbocycles. The molecule has 0 saturated carbocycles. The van der Waals surface area contributed by atoms with Gasteiger partial charge in [0.2, 0.25) is 11.5 Å². The molecule has 2 heterocycles. The minimum Gasteiger partial charge on any atom is -0.465 e. The topological polar surface area (TPSA) is 105 Å². The Balaban J connectivity index is 1.51. The predicted octanol–water partition coefficient (Wildman–Crippen LogP) is 4.03. The van der Waals surface area contributed by atoms with Crippen LogP contribution in [0.5, 0.6) is 0 Å². The third-order valence-electron chi connectivity index (χ3n) is 5.45. The number of benzene rings is 2. The number of carbonyl (C=O) groups is 3. The van der Waals surface area contributed by atoms with Crippen molar-refractivity contribution in [3.05, 3.63) is 99.2 Å². The number of hydrogen-bond donors (Lipinski definition) is 0. The number of aryl methyl sites for hydroxylation is 1. The van der Waals surface area contributed by atoms with Gasteiger partial charge in [-0.1, -0.05) is 12.1 Å². The van der Waals surface area contributed by atoms with Gasteiger partial charge in [-0.15, -0.1) is 0 Å². The maximum atomic E-state index is 12.8. The van der Waals surface area contributed by atoms with E-state index in [1.165, 1.54) is 7.11 Å². The lowest BCUT2D eigenvalue weighted by atomic mass is 10.1. The number of carbonyl (C=O) groups excluding carboxylic acids is 3. The Morgan fingerprint density at radius 2 is 1.65 bits per heavy atom. The molecule has 0 bridgehead atoms. The highest BCUT2D eigenvalue weighted by Crippen LogP contribution is 2.22. The molecule has 0 amide bonds. The lowest BCUT2D eigenvalue weighted by molar-refractivity contribution is 0.0444. The molecule has 0 spiro atoms. The average Bonchev–Trinajstić information content (AvgIpc) is 3.15. The van der Waals surface area contributed by atoms with E-state index in [4.69, 9.17) is 13.9 Å². The fourth-order valence-corrected chi connectivity index (χ4v) is 3.79. The number of aromatic nitrogens is 1. The number of hydrogen-bond acceptors (Lipinski definition) is 7. The van der Waals surface area contributed by atoms with Gasteiger partial charge in [-0.05, 0) is 56.3 Å². The van der Waals surface area contributed by atoms with Gasteiger partial charge in [0.1, 0.15) is 5.58 Å². The Labute approximate surface area is 194 Å². The molecule has 0 radical (unpaired) electrons. The fraction of sp³-hybridized carbons (Fsp3) is 0.154. The van der Waals surface area contributed by atoms with Crippen LogP contribution in [0.4, 0.5) is 0 Å². The van der Waals surface area contributed by atoms with Crippen LogP contribution in [0.1, 0.15) is 42.7 Å². The standard InChI is InChI=1S/C26H21NO7/c1-15-12-20(16(2)27(15)18-10-8-17(9-11-18)25(30)32-3)22(29)14-33-26(31)24-13-21(28)19-6-4-5-7-23(19)34-24/h4-13H,14H2,1-3H3. The van der Waals surface area contributed by atoms with Gasteiger partial charge in [-0.25, -0.2) is 9.59 Å². The Kier molecular flexibility index (Phi) is 6.14. The first-order valence-corrected chi connectivity index (χ1v) is 10.4. The Bertz CT molecular complexity index is 1480. The molecule has 0 fully saturated rings. The normalized spacial score (nSPS) is 10.8. The molecular formula is C26H21NO7. The van der Waals surface area contributed by atoms with Crippen molar-refractivity contribution in [3.63, 3.8) is 0 Å². The van der Waals surface area contributed by atoms with Crippen LogP contribution in [0.3, 0.4) is 0 Å². The number of nitrogens with zero attached hydrogens (tertiary/aromatic N) is 1. The average molecular weight is 459 g/mol. The first-order chi connectivity index (χ1) is 16.3. The van der Waals surface area contributed by atoms with Gasteiger partial charge in [-0.3, -0.25) is 9.59 Å². The summed E-state index contributed by atoms with van der Waals surface area (Å²) in [6, 6.07) is 16.1. The lowest BCUT2D eigenvalue weighted by Crippen LogP contribution is -2.16. The van der Waals surface area contributed by atoms with Crippen molar-refractivity contribution in [2.45, 2.75) is 13.8 Å². The van der Waals surface area contributed by atoms with Gasteiger partial charge in [0.15, 0.2) is 12.0 Å². The Morgan fingerprint density at radius 1 is 0.941 bits per heavy atom. The minimum absolute atomic E-state index is 0.259. The second kappa shape index (κ2) is 9.19. The van der Waals surface area contributed by atoms with Crippen LogP contribution in [-0.2, 0) is 9.47 Å². The predicted molar refractivity (Wildman–Crippen MR) is 124 cm³/mol. The quantitative estimate of drug-likeness (QED) is 0.317. The highest BCUT2D eigenvalue weighted by atomic mass is 16.5. The number of fused-ring (bicyclic) bond motifs is 1. The zero-order valence-corrected chi connectivity index (χ0v) is 18.8. The second-order valence-corrected chi connectivity index (χ2v) is 7.63. The number of esters is 2. The van der Waals surface area contributed by atoms with Crippen molar-refractivity contribution < 1.29 is 28.3 Å². The summed E-state index contributed by atoms with van der Waals surface area (Å²) in [7, 11) is 1.31. The molecular weight excluding hydrogens is 438 g/mol. The molecule has 0 unspecified atom stereocenters. The lowest BCUT2D eigenvalue weighted by Gasteiger charge is -2.10. The van der Waals surface area contributed by atoms with E-state index in [9.17, 15) is 19.2 Å². The number of ether oxygens (including phenoxy) is 2. The third kappa shape index (κ3) is 4.25. The summed E-state index contributed by atoms with van der Waals surface area (Å²) < 4.78 is 17.2. The molecule has 8 heteroatoms. The van der Waals surface area contributed by atoms with Crippen molar-refractivity contribution in [3.8, 4) is 5.69 Å². The first-order valence-electron chi connectivity index (χ1n) is 10.4. The molecule has 0 aliphatic heterocycles. The number of para-hydroxylation sites is 1. The first kappa shape index (κ1) is 22.7. The van der Waals surface area contributed by atoms with Crippen LogP contribution in [0.15, 0.2) is 69.9 Å². The van der Waals surface area contributed by atoms with E-state index in [1.54, 1.807) is 61.5 Å². The number of rotatable bonds is 6. The summed E-state index contributed by atoms with van der Waals surface area (Å²) in [5, 5.41) is 0.349. The van der Waals surface area contributed by atoms with E-state index in [-0.39, 0.29) is 16.8 Å². The van der Waals surface area contributed by atoms with E-state index in [0.29, 0.717) is 22.2 Å². The van der Waals surface area contributed by atoms with Gasteiger partial charge >= 0.3 is 11.9 Å². The third-order valence-corrected chi connectivity index (χ3v) is 5.45. The summed E-state index contributed by atoms with van der Waals surface area (Å²) in [6.45, 7) is 3.10.